The molecular weight excluding hydrogens is 548 g/mol. The van der Waals surface area contributed by atoms with Gasteiger partial charge in [0.05, 0.1) is 19.6 Å². The Kier molecular flexibility index (Phi) is 7.63. The van der Waals surface area contributed by atoms with Crippen molar-refractivity contribution in [1.82, 2.24) is 0 Å². The van der Waals surface area contributed by atoms with Gasteiger partial charge >= 0.3 is 0 Å². The molecule has 0 saturated heterocycles. The van der Waals surface area contributed by atoms with Gasteiger partial charge in [-0.3, -0.25) is 0 Å². The van der Waals surface area contributed by atoms with Crippen LogP contribution in [0.3, 0.4) is 0 Å². The highest BCUT2D eigenvalue weighted by Gasteiger charge is 2.45. The summed E-state index contributed by atoms with van der Waals surface area (Å²) >= 11 is 0. The molecule has 2 aliphatic carbocycles. The number of fused-ring (bicyclic) bond motifs is 3. The maximum Gasteiger partial charge on any atom is 0.118 e. The molecule has 0 atom stereocenters. The van der Waals surface area contributed by atoms with Gasteiger partial charge in [-0.15, -0.1) is 0 Å². The van der Waals surface area contributed by atoms with Crippen LogP contribution < -0.4 is 9.47 Å². The molecule has 2 heteroatoms. The summed E-state index contributed by atoms with van der Waals surface area (Å²) in [7, 11) is 3.48. The lowest BCUT2D eigenvalue weighted by molar-refractivity contribution is 0.414. The Morgan fingerprint density at radius 1 is 0.644 bits per heavy atom. The van der Waals surface area contributed by atoms with E-state index in [9.17, 15) is 0 Å². The molecule has 0 heterocycles. The number of hydrogen-bond acceptors (Lipinski definition) is 2. The fourth-order valence-corrected chi connectivity index (χ4v) is 8.10. The minimum absolute atomic E-state index is 0.0396. The lowest BCUT2D eigenvalue weighted by Crippen LogP contribution is -2.35. The van der Waals surface area contributed by atoms with Crippen molar-refractivity contribution >= 4 is 0 Å². The number of methoxy groups -OCH3 is 2. The maximum atomic E-state index is 5.66. The summed E-state index contributed by atoms with van der Waals surface area (Å²) in [6, 6.07) is 25.1. The predicted molar refractivity (Wildman–Crippen MR) is 189 cm³/mol. The van der Waals surface area contributed by atoms with E-state index in [0.29, 0.717) is 0 Å². The molecule has 0 amide bonds. The third kappa shape index (κ3) is 5.03. The van der Waals surface area contributed by atoms with E-state index in [2.05, 4.69) is 140 Å². The Morgan fingerprint density at radius 2 is 1.18 bits per heavy atom. The summed E-state index contributed by atoms with van der Waals surface area (Å²) in [4.78, 5) is 0. The minimum Gasteiger partial charge on any atom is -0.497 e. The van der Waals surface area contributed by atoms with Crippen LogP contribution in [-0.4, -0.2) is 14.2 Å². The number of benzene rings is 4. The molecule has 0 aliphatic heterocycles. The Labute approximate surface area is 270 Å². The molecule has 6 rings (SSSR count). The average Bonchev–Trinajstić information content (AvgIpc) is 3.65. The third-order valence-electron chi connectivity index (χ3n) is 10.1. The molecule has 2 aliphatic rings. The fourth-order valence-electron chi connectivity index (χ4n) is 8.10. The second-order valence-electron chi connectivity index (χ2n) is 15.0. The van der Waals surface area contributed by atoms with Crippen molar-refractivity contribution in [3.8, 4) is 22.6 Å². The first kappa shape index (κ1) is 31.0. The molecule has 0 radical (unpaired) electrons. The van der Waals surface area contributed by atoms with Crippen molar-refractivity contribution in [1.29, 1.82) is 0 Å². The second-order valence-corrected chi connectivity index (χ2v) is 15.0. The molecule has 4 aromatic carbocycles. The molecular formula is C43H48O2. The topological polar surface area (TPSA) is 18.5 Å². The first-order chi connectivity index (χ1) is 21.3. The van der Waals surface area contributed by atoms with Crippen molar-refractivity contribution in [2.75, 3.05) is 14.2 Å². The minimum atomic E-state index is -0.512. The number of rotatable bonds is 6. The Hall–Kier alpha value is -4.04. The van der Waals surface area contributed by atoms with Crippen molar-refractivity contribution in [3.05, 3.63) is 141 Å². The van der Waals surface area contributed by atoms with Crippen LogP contribution in [0.4, 0.5) is 0 Å². The second kappa shape index (κ2) is 11.1. The summed E-state index contributed by atoms with van der Waals surface area (Å²) in [6.07, 6.45) is 8.70. The smallest absolute Gasteiger partial charge is 0.118 e. The molecule has 0 bridgehead atoms. The first-order valence-corrected chi connectivity index (χ1v) is 16.3. The van der Waals surface area contributed by atoms with Crippen molar-refractivity contribution in [2.45, 2.75) is 84.5 Å². The van der Waals surface area contributed by atoms with Crippen LogP contribution in [-0.2, 0) is 22.7 Å². The lowest BCUT2D eigenvalue weighted by atomic mass is 9.60. The average molecular weight is 597 g/mol. The van der Waals surface area contributed by atoms with E-state index in [1.54, 1.807) is 14.2 Å². The van der Waals surface area contributed by atoms with Gasteiger partial charge in [0.2, 0.25) is 0 Å². The van der Waals surface area contributed by atoms with E-state index < -0.39 is 5.41 Å². The highest BCUT2D eigenvalue weighted by Crippen LogP contribution is 2.55. The van der Waals surface area contributed by atoms with Crippen LogP contribution in [0.2, 0.25) is 0 Å². The molecule has 45 heavy (non-hydrogen) atoms. The van der Waals surface area contributed by atoms with Crippen molar-refractivity contribution in [3.63, 3.8) is 0 Å². The Balaban J connectivity index is 1.79. The maximum absolute atomic E-state index is 5.66. The predicted octanol–water partition coefficient (Wildman–Crippen LogP) is 10.7. The normalized spacial score (nSPS) is 14.3. The zero-order valence-electron chi connectivity index (χ0n) is 28.8. The van der Waals surface area contributed by atoms with Crippen LogP contribution in [0.1, 0.15) is 98.0 Å². The van der Waals surface area contributed by atoms with E-state index in [1.165, 1.54) is 66.8 Å². The summed E-state index contributed by atoms with van der Waals surface area (Å²) in [6.45, 7) is 18.7. The van der Waals surface area contributed by atoms with Crippen molar-refractivity contribution < 1.29 is 9.47 Å². The number of aryl methyl sites for hydroxylation is 1. The van der Waals surface area contributed by atoms with Gasteiger partial charge in [-0.2, -0.15) is 0 Å². The highest BCUT2D eigenvalue weighted by atomic mass is 16.5. The number of hydrogen-bond donors (Lipinski definition) is 0. The van der Waals surface area contributed by atoms with Gasteiger partial charge in [-0.05, 0) is 129 Å². The molecule has 232 valence electrons. The number of ether oxygens (including phenoxy) is 2. The summed E-state index contributed by atoms with van der Waals surface area (Å²) in [5.74, 6) is 1.73. The quantitative estimate of drug-likeness (QED) is 0.182. The van der Waals surface area contributed by atoms with E-state index in [4.69, 9.17) is 9.47 Å². The van der Waals surface area contributed by atoms with Crippen LogP contribution in [0.25, 0.3) is 11.1 Å². The molecule has 0 aromatic heterocycles. The van der Waals surface area contributed by atoms with Gasteiger partial charge in [-0.25, -0.2) is 0 Å². The number of allylic oxidation sites excluding steroid dienone is 4. The molecule has 0 saturated carbocycles. The van der Waals surface area contributed by atoms with Gasteiger partial charge in [0.1, 0.15) is 11.5 Å². The molecule has 2 nitrogen and oxygen atoms in total. The largest absolute Gasteiger partial charge is 0.497 e. The summed E-state index contributed by atoms with van der Waals surface area (Å²) < 4.78 is 11.3. The molecule has 0 fully saturated rings. The SMILES string of the molecule is COc1ccc(C(C2=CC=CC2)(c2ccc(OC)cc2)c2c(C)c(C(C)(C)C)cc3c2Cc2cc(C)c(C(C)(C)C)cc2-3)cc1. The van der Waals surface area contributed by atoms with Crippen LogP contribution in [0, 0.1) is 13.8 Å². The molecule has 0 unspecified atom stereocenters. The fraction of sp³-hybridized carbons (Fsp3) is 0.349. The van der Waals surface area contributed by atoms with Crippen LogP contribution >= 0.6 is 0 Å². The van der Waals surface area contributed by atoms with E-state index in [-0.39, 0.29) is 10.8 Å². The monoisotopic (exact) mass is 596 g/mol. The van der Waals surface area contributed by atoms with Gasteiger partial charge < -0.3 is 9.47 Å². The molecule has 0 N–H and O–H groups in total. The lowest BCUT2D eigenvalue weighted by Gasteiger charge is -2.42. The Bertz CT molecular complexity index is 1770. The van der Waals surface area contributed by atoms with Gasteiger partial charge in [0, 0.05) is 0 Å². The highest BCUT2D eigenvalue weighted by molar-refractivity contribution is 5.83. The van der Waals surface area contributed by atoms with Crippen LogP contribution in [0.15, 0.2) is 90.5 Å². The van der Waals surface area contributed by atoms with E-state index >= 15 is 0 Å². The van der Waals surface area contributed by atoms with Gasteiger partial charge in [-0.1, -0.05) is 102 Å². The van der Waals surface area contributed by atoms with Crippen LogP contribution in [0.5, 0.6) is 11.5 Å². The zero-order valence-corrected chi connectivity index (χ0v) is 28.8. The van der Waals surface area contributed by atoms with Crippen molar-refractivity contribution in [2.24, 2.45) is 0 Å². The first-order valence-electron chi connectivity index (χ1n) is 16.3. The zero-order chi connectivity index (χ0) is 32.3. The summed E-state index contributed by atoms with van der Waals surface area (Å²) in [5.41, 5.74) is 16.1. The molecule has 0 spiro atoms. The van der Waals surface area contributed by atoms with Gasteiger partial charge in [0.15, 0.2) is 0 Å². The third-order valence-corrected chi connectivity index (χ3v) is 10.1. The molecule has 4 aromatic rings. The summed E-state index contributed by atoms with van der Waals surface area (Å²) in [5, 5.41) is 0. The van der Waals surface area contributed by atoms with E-state index in [1.807, 2.05) is 0 Å². The van der Waals surface area contributed by atoms with E-state index in [0.717, 1.165) is 24.3 Å². The Morgan fingerprint density at radius 3 is 1.64 bits per heavy atom. The standard InChI is InChI=1S/C43H48O2/c1-27-23-29-24-37-36(35(29)25-38(27)41(3,4)5)26-39(42(6,7)8)28(2)40(37)43(30-13-11-12-14-30,31-15-19-33(44-9)20-16-31)32-17-21-34(45-10)22-18-32/h11-13,15-23,25-26H,14,24H2,1-10H3. The van der Waals surface area contributed by atoms with Gasteiger partial charge in [0.25, 0.3) is 0 Å².